The zero-order chi connectivity index (χ0) is 21.0. The molecule has 0 saturated carbocycles. The molecular weight excluding hydrogens is 373 g/mol. The monoisotopic (exact) mass is 399 g/mol. The van der Waals surface area contributed by atoms with Crippen molar-refractivity contribution in [2.45, 2.75) is 13.5 Å². The largest absolute Gasteiger partial charge is 0.465 e. The van der Waals surface area contributed by atoms with Crippen molar-refractivity contribution >= 4 is 17.7 Å². The van der Waals surface area contributed by atoms with Crippen molar-refractivity contribution < 1.29 is 18.7 Å². The van der Waals surface area contributed by atoms with Gasteiger partial charge in [-0.05, 0) is 37.7 Å². The number of methoxy groups -OCH3 is 1. The maximum absolute atomic E-state index is 14.7. The Balaban J connectivity index is 1.91. The molecule has 29 heavy (non-hydrogen) atoms. The molecular formula is C22H26FN3O3. The standard InChI is InChI=1S/C22H26FN3O3/c1-16-6-4-5-7-20(16)26(22(28)25-12-10-24(2)11-13-25)15-18-9-8-17(14-19(18)23)21(27)29-3/h4-9,14H,10-13,15H2,1-3H3. The lowest BCUT2D eigenvalue weighted by Crippen LogP contribution is -2.52. The Morgan fingerprint density at radius 3 is 2.41 bits per heavy atom. The van der Waals surface area contributed by atoms with Gasteiger partial charge in [0.15, 0.2) is 0 Å². The minimum absolute atomic E-state index is 0.0727. The molecule has 1 aliphatic rings. The highest BCUT2D eigenvalue weighted by molar-refractivity contribution is 5.93. The number of nitrogens with zero attached hydrogens (tertiary/aromatic N) is 3. The first-order chi connectivity index (χ1) is 13.9. The van der Waals surface area contributed by atoms with E-state index in [0.717, 1.165) is 30.4 Å². The molecule has 0 aliphatic carbocycles. The zero-order valence-corrected chi connectivity index (χ0v) is 17.0. The Morgan fingerprint density at radius 2 is 1.79 bits per heavy atom. The zero-order valence-electron chi connectivity index (χ0n) is 17.0. The topological polar surface area (TPSA) is 53.1 Å². The number of benzene rings is 2. The predicted octanol–water partition coefficient (Wildman–Crippen LogP) is 3.29. The number of hydrogen-bond donors (Lipinski definition) is 0. The third-order valence-corrected chi connectivity index (χ3v) is 5.21. The first-order valence-electron chi connectivity index (χ1n) is 9.58. The Labute approximate surface area is 170 Å². The van der Waals surface area contributed by atoms with E-state index in [2.05, 4.69) is 9.64 Å². The van der Waals surface area contributed by atoms with Crippen LogP contribution in [0.3, 0.4) is 0 Å². The minimum Gasteiger partial charge on any atom is -0.465 e. The number of amides is 2. The van der Waals surface area contributed by atoms with Gasteiger partial charge in [0.2, 0.25) is 0 Å². The molecule has 0 aromatic heterocycles. The second-order valence-electron chi connectivity index (χ2n) is 7.24. The summed E-state index contributed by atoms with van der Waals surface area (Å²) in [6, 6.07) is 11.6. The third-order valence-electron chi connectivity index (χ3n) is 5.21. The molecule has 0 radical (unpaired) electrons. The Hall–Kier alpha value is -2.93. The van der Waals surface area contributed by atoms with Gasteiger partial charge in [-0.3, -0.25) is 4.90 Å². The quantitative estimate of drug-likeness (QED) is 0.741. The molecule has 0 bridgehead atoms. The van der Waals surface area contributed by atoms with E-state index in [-0.39, 0.29) is 18.1 Å². The van der Waals surface area contributed by atoms with Gasteiger partial charge < -0.3 is 14.5 Å². The minimum atomic E-state index is -0.597. The lowest BCUT2D eigenvalue weighted by atomic mass is 10.1. The number of piperazine rings is 1. The van der Waals surface area contributed by atoms with Crippen LogP contribution in [0.4, 0.5) is 14.9 Å². The molecule has 2 aromatic rings. The van der Waals surface area contributed by atoms with Crippen LogP contribution in [-0.4, -0.2) is 62.1 Å². The highest BCUT2D eigenvalue weighted by Gasteiger charge is 2.27. The Bertz CT molecular complexity index is 895. The lowest BCUT2D eigenvalue weighted by molar-refractivity contribution is 0.0600. The van der Waals surface area contributed by atoms with Crippen LogP contribution in [0.15, 0.2) is 42.5 Å². The summed E-state index contributed by atoms with van der Waals surface area (Å²) >= 11 is 0. The van der Waals surface area contributed by atoms with Gasteiger partial charge in [-0.15, -0.1) is 0 Å². The summed E-state index contributed by atoms with van der Waals surface area (Å²) in [5.41, 5.74) is 2.15. The highest BCUT2D eigenvalue weighted by atomic mass is 19.1. The van der Waals surface area contributed by atoms with E-state index in [4.69, 9.17) is 0 Å². The number of carbonyl (C=O) groups is 2. The van der Waals surface area contributed by atoms with E-state index in [1.165, 1.54) is 19.2 Å². The van der Waals surface area contributed by atoms with Crippen molar-refractivity contribution in [1.82, 2.24) is 9.80 Å². The molecule has 1 saturated heterocycles. The first-order valence-corrected chi connectivity index (χ1v) is 9.58. The number of halogens is 1. The maximum atomic E-state index is 14.7. The molecule has 0 N–H and O–H groups in total. The lowest BCUT2D eigenvalue weighted by Gasteiger charge is -2.36. The number of carbonyl (C=O) groups excluding carboxylic acids is 2. The first kappa shape index (κ1) is 20.8. The number of ether oxygens (including phenoxy) is 1. The normalized spacial score (nSPS) is 14.6. The van der Waals surface area contributed by atoms with Crippen molar-refractivity contribution in [3.05, 3.63) is 65.0 Å². The Kier molecular flexibility index (Phi) is 6.49. The molecule has 1 fully saturated rings. The van der Waals surface area contributed by atoms with Crippen molar-refractivity contribution in [2.24, 2.45) is 0 Å². The van der Waals surface area contributed by atoms with Crippen molar-refractivity contribution in [3.8, 4) is 0 Å². The van der Waals surface area contributed by atoms with E-state index >= 15 is 0 Å². The highest BCUT2D eigenvalue weighted by Crippen LogP contribution is 2.25. The number of hydrogen-bond acceptors (Lipinski definition) is 4. The van der Waals surface area contributed by atoms with Gasteiger partial charge in [0.1, 0.15) is 5.82 Å². The molecule has 1 aliphatic heterocycles. The predicted molar refractivity (Wildman–Crippen MR) is 110 cm³/mol. The van der Waals surface area contributed by atoms with Gasteiger partial charge in [0.25, 0.3) is 0 Å². The van der Waals surface area contributed by atoms with Crippen LogP contribution >= 0.6 is 0 Å². The number of para-hydroxylation sites is 1. The van der Waals surface area contributed by atoms with Gasteiger partial charge in [-0.25, -0.2) is 14.0 Å². The van der Waals surface area contributed by atoms with Crippen LogP contribution in [0.1, 0.15) is 21.5 Å². The fourth-order valence-electron chi connectivity index (χ4n) is 3.38. The summed E-state index contributed by atoms with van der Waals surface area (Å²) in [5.74, 6) is -1.14. The molecule has 7 heteroatoms. The SMILES string of the molecule is COC(=O)c1ccc(CN(C(=O)N2CCN(C)CC2)c2ccccc2C)c(F)c1. The summed E-state index contributed by atoms with van der Waals surface area (Å²) < 4.78 is 19.4. The Morgan fingerprint density at radius 1 is 1.10 bits per heavy atom. The van der Waals surface area contributed by atoms with Gasteiger partial charge in [-0.2, -0.15) is 0 Å². The molecule has 0 spiro atoms. The van der Waals surface area contributed by atoms with Gasteiger partial charge >= 0.3 is 12.0 Å². The molecule has 2 amide bonds. The number of anilines is 1. The summed E-state index contributed by atoms with van der Waals surface area (Å²) in [6.07, 6.45) is 0. The van der Waals surface area contributed by atoms with E-state index in [9.17, 15) is 14.0 Å². The van der Waals surface area contributed by atoms with Crippen LogP contribution in [0, 0.1) is 12.7 Å². The van der Waals surface area contributed by atoms with Crippen molar-refractivity contribution in [3.63, 3.8) is 0 Å². The van der Waals surface area contributed by atoms with Gasteiger partial charge in [-0.1, -0.05) is 24.3 Å². The van der Waals surface area contributed by atoms with E-state index < -0.39 is 11.8 Å². The van der Waals surface area contributed by atoms with Crippen LogP contribution in [0.2, 0.25) is 0 Å². The summed E-state index contributed by atoms with van der Waals surface area (Å²) in [4.78, 5) is 30.6. The molecule has 154 valence electrons. The average Bonchev–Trinajstić information content (AvgIpc) is 2.73. The smallest absolute Gasteiger partial charge is 0.337 e. The number of likely N-dealkylation sites (N-methyl/N-ethyl adjacent to an activating group) is 1. The molecule has 1 heterocycles. The van der Waals surface area contributed by atoms with Crippen molar-refractivity contribution in [2.75, 3.05) is 45.2 Å². The number of aryl methyl sites for hydroxylation is 1. The number of rotatable bonds is 4. The molecule has 3 rings (SSSR count). The van der Waals surface area contributed by atoms with E-state index in [0.29, 0.717) is 18.7 Å². The molecule has 2 aromatic carbocycles. The molecule has 0 unspecified atom stereocenters. The summed E-state index contributed by atoms with van der Waals surface area (Å²) in [7, 11) is 3.28. The fourth-order valence-corrected chi connectivity index (χ4v) is 3.38. The molecule has 0 atom stereocenters. The average molecular weight is 399 g/mol. The van der Waals surface area contributed by atoms with E-state index in [1.807, 2.05) is 38.2 Å². The second kappa shape index (κ2) is 9.05. The van der Waals surface area contributed by atoms with Crippen LogP contribution < -0.4 is 4.90 Å². The fraction of sp³-hybridized carbons (Fsp3) is 0.364. The van der Waals surface area contributed by atoms with Crippen LogP contribution in [0.5, 0.6) is 0 Å². The number of esters is 1. The summed E-state index contributed by atoms with van der Waals surface area (Å²) in [6.45, 7) is 4.85. The third kappa shape index (κ3) is 4.74. The number of urea groups is 1. The summed E-state index contributed by atoms with van der Waals surface area (Å²) in [5, 5.41) is 0. The molecule has 6 nitrogen and oxygen atoms in total. The van der Waals surface area contributed by atoms with Gasteiger partial charge in [0.05, 0.1) is 19.2 Å². The van der Waals surface area contributed by atoms with Gasteiger partial charge in [0, 0.05) is 37.4 Å². The van der Waals surface area contributed by atoms with E-state index in [1.54, 1.807) is 9.80 Å². The van der Waals surface area contributed by atoms with Crippen LogP contribution in [0.25, 0.3) is 0 Å². The van der Waals surface area contributed by atoms with Crippen LogP contribution in [-0.2, 0) is 11.3 Å². The maximum Gasteiger partial charge on any atom is 0.337 e. The second-order valence-corrected chi connectivity index (χ2v) is 7.24. The van der Waals surface area contributed by atoms with Crippen molar-refractivity contribution in [1.29, 1.82) is 0 Å².